The summed E-state index contributed by atoms with van der Waals surface area (Å²) in [6.07, 6.45) is 0.411. The third-order valence-electron chi connectivity index (χ3n) is 3.38. The molecule has 0 bridgehead atoms. The third-order valence-corrected chi connectivity index (χ3v) is 3.38. The van der Waals surface area contributed by atoms with Crippen LogP contribution in [0.4, 0.5) is 0 Å². The molecule has 21 heavy (non-hydrogen) atoms. The molecule has 0 heterocycles. The van der Waals surface area contributed by atoms with Crippen LogP contribution in [0, 0.1) is 5.92 Å². The van der Waals surface area contributed by atoms with Gasteiger partial charge in [-0.2, -0.15) is 0 Å². The van der Waals surface area contributed by atoms with Gasteiger partial charge in [0.05, 0.1) is 6.42 Å². The quantitative estimate of drug-likeness (QED) is 0.800. The van der Waals surface area contributed by atoms with Crippen molar-refractivity contribution in [3.8, 4) is 0 Å². The highest BCUT2D eigenvalue weighted by molar-refractivity contribution is 5.78. The van der Waals surface area contributed by atoms with E-state index in [0.29, 0.717) is 18.9 Å². The lowest BCUT2D eigenvalue weighted by molar-refractivity contribution is -0.138. The summed E-state index contributed by atoms with van der Waals surface area (Å²) >= 11 is 0. The van der Waals surface area contributed by atoms with Crippen molar-refractivity contribution in [2.75, 3.05) is 13.1 Å². The average Bonchev–Trinajstić information content (AvgIpc) is 2.43. The number of nitrogens with zero attached hydrogens (tertiary/aromatic N) is 1. The molecule has 1 atom stereocenters. The molecular formula is C17H25NO3. The monoisotopic (exact) mass is 291 g/mol. The van der Waals surface area contributed by atoms with E-state index in [1.165, 1.54) is 0 Å². The van der Waals surface area contributed by atoms with E-state index in [4.69, 9.17) is 5.11 Å². The van der Waals surface area contributed by atoms with Gasteiger partial charge in [0.25, 0.3) is 0 Å². The minimum absolute atomic E-state index is 0.00181. The van der Waals surface area contributed by atoms with E-state index in [2.05, 4.69) is 0 Å². The summed E-state index contributed by atoms with van der Waals surface area (Å²) in [7, 11) is 0. The number of benzene rings is 1. The Morgan fingerprint density at radius 1 is 1.14 bits per heavy atom. The molecule has 1 amide bonds. The molecule has 0 aromatic heterocycles. The first-order chi connectivity index (χ1) is 9.90. The largest absolute Gasteiger partial charge is 0.481 e. The molecule has 1 aromatic carbocycles. The lowest BCUT2D eigenvalue weighted by Gasteiger charge is -2.25. The van der Waals surface area contributed by atoms with Crippen molar-refractivity contribution < 1.29 is 14.7 Å². The number of carbonyl (C=O) groups excluding carboxylic acids is 1. The van der Waals surface area contributed by atoms with Crippen molar-refractivity contribution in [2.24, 2.45) is 5.92 Å². The van der Waals surface area contributed by atoms with Gasteiger partial charge in [-0.3, -0.25) is 9.59 Å². The maximum absolute atomic E-state index is 12.4. The topological polar surface area (TPSA) is 57.6 Å². The van der Waals surface area contributed by atoms with Gasteiger partial charge in [-0.25, -0.2) is 0 Å². The van der Waals surface area contributed by atoms with Crippen LogP contribution in [-0.2, 0) is 9.59 Å². The molecule has 0 fully saturated rings. The maximum atomic E-state index is 12.4. The summed E-state index contributed by atoms with van der Waals surface area (Å²) in [4.78, 5) is 24.8. The fraction of sp³-hybridized carbons (Fsp3) is 0.529. The van der Waals surface area contributed by atoms with E-state index < -0.39 is 5.97 Å². The Kier molecular flexibility index (Phi) is 6.92. The lowest BCUT2D eigenvalue weighted by Crippen LogP contribution is -2.36. The van der Waals surface area contributed by atoms with Crippen molar-refractivity contribution in [3.63, 3.8) is 0 Å². The highest BCUT2D eigenvalue weighted by Gasteiger charge is 2.19. The van der Waals surface area contributed by atoms with Crippen molar-refractivity contribution >= 4 is 11.9 Å². The normalized spacial score (nSPS) is 12.2. The number of hydrogen-bond donors (Lipinski definition) is 1. The molecule has 1 N–H and O–H groups in total. The number of aliphatic carboxylic acids is 1. The molecule has 4 nitrogen and oxygen atoms in total. The number of carbonyl (C=O) groups is 2. The number of carboxylic acids is 1. The lowest BCUT2D eigenvalue weighted by atomic mass is 9.97. The Hall–Kier alpha value is -1.84. The second-order valence-corrected chi connectivity index (χ2v) is 5.89. The number of hydrogen-bond acceptors (Lipinski definition) is 2. The van der Waals surface area contributed by atoms with Gasteiger partial charge < -0.3 is 10.0 Å². The first-order valence-electron chi connectivity index (χ1n) is 7.44. The van der Waals surface area contributed by atoms with Crippen LogP contribution in [0.15, 0.2) is 30.3 Å². The smallest absolute Gasteiger partial charge is 0.305 e. The van der Waals surface area contributed by atoms with E-state index in [1.807, 2.05) is 51.1 Å². The molecule has 0 radical (unpaired) electrons. The van der Waals surface area contributed by atoms with Crippen LogP contribution in [0.3, 0.4) is 0 Å². The standard InChI is InChI=1S/C17H25NO3/c1-13(2)12-18(10-9-17(20)21)16(19)11-14(3)15-7-5-4-6-8-15/h4-8,13-14H,9-12H2,1-3H3,(H,20,21). The third kappa shape index (κ3) is 6.43. The van der Waals surface area contributed by atoms with Crippen LogP contribution in [0.5, 0.6) is 0 Å². The Bertz CT molecular complexity index is 456. The minimum atomic E-state index is -0.868. The van der Waals surface area contributed by atoms with E-state index >= 15 is 0 Å². The molecule has 0 aliphatic rings. The Morgan fingerprint density at radius 2 is 1.76 bits per heavy atom. The Balaban J connectivity index is 2.64. The van der Waals surface area contributed by atoms with Crippen LogP contribution in [0.1, 0.15) is 45.1 Å². The molecule has 0 aliphatic carbocycles. The first-order valence-corrected chi connectivity index (χ1v) is 7.44. The van der Waals surface area contributed by atoms with Crippen LogP contribution >= 0.6 is 0 Å². The van der Waals surface area contributed by atoms with Crippen LogP contribution < -0.4 is 0 Å². The van der Waals surface area contributed by atoms with Crippen LogP contribution in [0.2, 0.25) is 0 Å². The van der Waals surface area contributed by atoms with Gasteiger partial charge >= 0.3 is 5.97 Å². The van der Waals surface area contributed by atoms with Gasteiger partial charge in [0.15, 0.2) is 0 Å². The van der Waals surface area contributed by atoms with Gasteiger partial charge in [0.2, 0.25) is 5.91 Å². The molecule has 0 saturated heterocycles. The van der Waals surface area contributed by atoms with Crippen molar-refractivity contribution in [1.29, 1.82) is 0 Å². The molecular weight excluding hydrogens is 266 g/mol. The molecule has 1 aromatic rings. The number of carboxylic acid groups (broad SMARTS) is 1. The summed E-state index contributed by atoms with van der Waals surface area (Å²) in [6.45, 7) is 6.98. The van der Waals surface area contributed by atoms with Gasteiger partial charge in [-0.05, 0) is 17.4 Å². The molecule has 116 valence electrons. The van der Waals surface area contributed by atoms with Gasteiger partial charge in [0, 0.05) is 19.5 Å². The van der Waals surface area contributed by atoms with Crippen molar-refractivity contribution in [1.82, 2.24) is 4.90 Å². The molecule has 0 saturated carbocycles. The van der Waals surface area contributed by atoms with Gasteiger partial charge in [-0.15, -0.1) is 0 Å². The highest BCUT2D eigenvalue weighted by Crippen LogP contribution is 2.20. The van der Waals surface area contributed by atoms with Gasteiger partial charge in [-0.1, -0.05) is 51.1 Å². The van der Waals surface area contributed by atoms with E-state index in [-0.39, 0.29) is 24.8 Å². The SMILES string of the molecule is CC(C)CN(CCC(=O)O)C(=O)CC(C)c1ccccc1. The maximum Gasteiger partial charge on any atom is 0.305 e. The van der Waals surface area contributed by atoms with Crippen molar-refractivity contribution in [2.45, 2.75) is 39.5 Å². The summed E-state index contributed by atoms with van der Waals surface area (Å²) in [5.74, 6) is -0.373. The van der Waals surface area contributed by atoms with E-state index in [1.54, 1.807) is 4.90 Å². The second-order valence-electron chi connectivity index (χ2n) is 5.89. The van der Waals surface area contributed by atoms with Crippen molar-refractivity contribution in [3.05, 3.63) is 35.9 Å². The zero-order valence-corrected chi connectivity index (χ0v) is 13.1. The Labute approximate surface area is 126 Å². The minimum Gasteiger partial charge on any atom is -0.481 e. The number of rotatable bonds is 8. The summed E-state index contributed by atoms with van der Waals surface area (Å²) in [5.41, 5.74) is 1.13. The van der Waals surface area contributed by atoms with E-state index in [9.17, 15) is 9.59 Å². The van der Waals surface area contributed by atoms with Crippen LogP contribution in [0.25, 0.3) is 0 Å². The summed E-state index contributed by atoms with van der Waals surface area (Å²) < 4.78 is 0. The molecule has 4 heteroatoms. The molecule has 0 aliphatic heterocycles. The molecule has 0 spiro atoms. The van der Waals surface area contributed by atoms with Crippen LogP contribution in [-0.4, -0.2) is 35.0 Å². The first kappa shape index (κ1) is 17.2. The zero-order chi connectivity index (χ0) is 15.8. The fourth-order valence-electron chi connectivity index (χ4n) is 2.28. The summed E-state index contributed by atoms with van der Waals surface area (Å²) in [5, 5.41) is 8.80. The average molecular weight is 291 g/mol. The molecule has 1 rings (SSSR count). The highest BCUT2D eigenvalue weighted by atomic mass is 16.4. The Morgan fingerprint density at radius 3 is 2.29 bits per heavy atom. The number of amides is 1. The predicted octanol–water partition coefficient (Wildman–Crippen LogP) is 3.14. The predicted molar refractivity (Wildman–Crippen MR) is 83.1 cm³/mol. The molecule has 1 unspecified atom stereocenters. The second kappa shape index (κ2) is 8.45. The summed E-state index contributed by atoms with van der Waals surface area (Å²) in [6, 6.07) is 9.92. The van der Waals surface area contributed by atoms with Gasteiger partial charge in [0.1, 0.15) is 0 Å². The zero-order valence-electron chi connectivity index (χ0n) is 13.1. The van der Waals surface area contributed by atoms with E-state index in [0.717, 1.165) is 5.56 Å². The fourth-order valence-corrected chi connectivity index (χ4v) is 2.28.